The van der Waals surface area contributed by atoms with E-state index in [0.717, 1.165) is 20.8 Å². The van der Waals surface area contributed by atoms with Crippen LogP contribution in [0.4, 0.5) is 0 Å². The molecule has 0 aromatic rings. The van der Waals surface area contributed by atoms with Crippen LogP contribution in [0.15, 0.2) is 0 Å². The largest absolute Gasteiger partial charge is 0.466 e. The average Bonchev–Trinajstić information content (AvgIpc) is 2.36. The van der Waals surface area contributed by atoms with Gasteiger partial charge in [-0.2, -0.15) is 0 Å². The zero-order valence-corrected chi connectivity index (χ0v) is 14.8. The van der Waals surface area contributed by atoms with E-state index in [2.05, 4.69) is 0 Å². The van der Waals surface area contributed by atoms with Gasteiger partial charge in [-0.05, 0) is 6.92 Å². The number of esters is 3. The van der Waals surface area contributed by atoms with Crippen molar-refractivity contribution < 1.29 is 57.7 Å². The molecular weight excluding hydrogens is 367 g/mol. The van der Waals surface area contributed by atoms with Gasteiger partial charge < -0.3 is 38.7 Å². The van der Waals surface area contributed by atoms with Gasteiger partial charge in [0.2, 0.25) is 12.4 Å². The lowest BCUT2D eigenvalue weighted by atomic mass is 9.99. The molecule has 1 saturated heterocycles. The number of aliphatic hydroxyl groups excluding tert-OH is 1. The molecule has 0 saturated carbocycles. The summed E-state index contributed by atoms with van der Waals surface area (Å²) in [6, 6.07) is 0. The number of ether oxygens (including phenoxy) is 4. The first kappa shape index (κ1) is 23.4. The zero-order chi connectivity index (χ0) is 19.9. The van der Waals surface area contributed by atoms with Crippen molar-refractivity contribution in [3.63, 3.8) is 0 Å². The fourth-order valence-corrected chi connectivity index (χ4v) is 1.89. The van der Waals surface area contributed by atoms with Gasteiger partial charge in [-0.1, -0.05) is 0 Å². The molecule has 1 rings (SSSR count). The van der Waals surface area contributed by atoms with E-state index in [0.29, 0.717) is 0 Å². The molecule has 0 aromatic heterocycles. The summed E-state index contributed by atoms with van der Waals surface area (Å²) in [5, 5.41) is 9.99. The first-order valence-corrected chi connectivity index (χ1v) is 8.42. The second-order valence-corrected chi connectivity index (χ2v) is 6.00. The summed E-state index contributed by atoms with van der Waals surface area (Å²) in [6.45, 7) is 4.96. The van der Waals surface area contributed by atoms with E-state index in [1.54, 1.807) is 0 Å². The molecule has 1 aliphatic rings. The molecule has 1 heterocycles. The van der Waals surface area contributed by atoms with E-state index in [4.69, 9.17) is 38.2 Å². The van der Waals surface area contributed by atoms with Crippen LogP contribution in [0.5, 0.6) is 0 Å². The molecule has 146 valence electrons. The minimum atomic E-state index is -4.64. The average molecular weight is 388 g/mol. The van der Waals surface area contributed by atoms with Gasteiger partial charge in [0, 0.05) is 20.8 Å². The van der Waals surface area contributed by atoms with Crippen LogP contribution in [0.1, 0.15) is 27.7 Å². The summed E-state index contributed by atoms with van der Waals surface area (Å²) in [4.78, 5) is 54.8. The van der Waals surface area contributed by atoms with Crippen molar-refractivity contribution in [2.75, 3.05) is 0 Å². The smallest absolute Gasteiger partial charge is 0.455 e. The van der Waals surface area contributed by atoms with E-state index in [1.807, 2.05) is 0 Å². The number of rotatable bonds is 3. The maximum absolute atomic E-state index is 11.1. The van der Waals surface area contributed by atoms with E-state index in [-0.39, 0.29) is 0 Å². The van der Waals surface area contributed by atoms with Gasteiger partial charge in [0.25, 0.3) is 0 Å². The van der Waals surface area contributed by atoms with Crippen molar-refractivity contribution in [3.8, 4) is 0 Å². The molecule has 0 unspecified atom stereocenters. The van der Waals surface area contributed by atoms with Gasteiger partial charge in [0.1, 0.15) is 6.10 Å². The normalized spacial score (nSPS) is 28.9. The molecule has 0 aliphatic carbocycles. The molecular formula is C12H21O12P. The Balaban J connectivity index is 0.00000101. The van der Waals surface area contributed by atoms with Crippen LogP contribution < -0.4 is 0 Å². The fraction of sp³-hybridized carbons (Fsp3) is 0.750. The highest BCUT2D eigenvalue weighted by molar-refractivity contribution is 7.45. The highest BCUT2D eigenvalue weighted by Crippen LogP contribution is 2.27. The molecule has 1 aliphatic heterocycles. The van der Waals surface area contributed by atoms with Crippen molar-refractivity contribution in [2.45, 2.75) is 58.4 Å². The molecule has 0 spiro atoms. The third-order valence-corrected chi connectivity index (χ3v) is 2.64. The molecule has 0 amide bonds. The predicted molar refractivity (Wildman–Crippen MR) is 77.5 cm³/mol. The molecule has 12 nitrogen and oxygen atoms in total. The number of aliphatic hydroxyl groups is 1. The Hall–Kier alpha value is -1.56. The molecule has 0 aromatic carbocycles. The lowest BCUT2D eigenvalue weighted by Gasteiger charge is -2.41. The van der Waals surface area contributed by atoms with Gasteiger partial charge in [-0.15, -0.1) is 0 Å². The molecule has 1 fully saturated rings. The van der Waals surface area contributed by atoms with Gasteiger partial charge in [-0.25, -0.2) is 4.57 Å². The van der Waals surface area contributed by atoms with Crippen LogP contribution in [-0.4, -0.2) is 68.4 Å². The molecule has 25 heavy (non-hydrogen) atoms. The summed E-state index contributed by atoms with van der Waals surface area (Å²) in [5.41, 5.74) is 0. The van der Waals surface area contributed by atoms with Gasteiger partial charge in [-0.3, -0.25) is 14.4 Å². The molecule has 5 atom stereocenters. The quantitative estimate of drug-likeness (QED) is 0.252. The van der Waals surface area contributed by atoms with Gasteiger partial charge in [0.05, 0.1) is 6.10 Å². The van der Waals surface area contributed by atoms with E-state index >= 15 is 0 Å². The predicted octanol–water partition coefficient (Wildman–Crippen LogP) is -1.41. The first-order valence-electron chi connectivity index (χ1n) is 6.85. The second kappa shape index (κ2) is 9.80. The highest BCUT2D eigenvalue weighted by atomic mass is 31.2. The lowest BCUT2D eigenvalue weighted by Crippen LogP contribution is -2.60. The van der Waals surface area contributed by atoms with E-state index < -0.39 is 56.4 Å². The van der Waals surface area contributed by atoms with Crippen LogP contribution in [0, 0.1) is 0 Å². The summed E-state index contributed by atoms with van der Waals surface area (Å²) >= 11 is 0. The Morgan fingerprint density at radius 3 is 1.60 bits per heavy atom. The monoisotopic (exact) mass is 388 g/mol. The third-order valence-electron chi connectivity index (χ3n) is 2.64. The standard InChI is InChI=1S/C12H18O8.H3O4P/c1-5-9(16)10(18-6(2)13)11(19-7(3)14)12(17-5)20-8(4)15;1-5(2,3)4/h5,9-12,16H,1-4H3;(H3,1,2,3,4)/t5-,9+,10+,11-,12+;/m0./s1. The Kier molecular flexibility index (Phi) is 9.19. The Morgan fingerprint density at radius 2 is 1.24 bits per heavy atom. The van der Waals surface area contributed by atoms with Crippen LogP contribution in [0.3, 0.4) is 0 Å². The second-order valence-electron chi connectivity index (χ2n) is 4.97. The summed E-state index contributed by atoms with van der Waals surface area (Å²) in [6.07, 6.45) is -5.64. The maximum Gasteiger partial charge on any atom is 0.466 e. The minimum Gasteiger partial charge on any atom is -0.455 e. The number of phosphoric acid groups is 1. The Morgan fingerprint density at radius 1 is 0.880 bits per heavy atom. The maximum atomic E-state index is 11.1. The molecule has 4 N–H and O–H groups in total. The Labute approximate surface area is 142 Å². The summed E-state index contributed by atoms with van der Waals surface area (Å²) in [5.74, 6) is -2.01. The minimum absolute atomic E-state index is 0.655. The molecule has 0 bridgehead atoms. The van der Waals surface area contributed by atoms with Crippen molar-refractivity contribution in [2.24, 2.45) is 0 Å². The molecule has 13 heteroatoms. The lowest BCUT2D eigenvalue weighted by molar-refractivity contribution is -0.290. The SMILES string of the molecule is CC(=O)O[C@H]1O[C@@H](C)[C@@H](O)[C@@H](OC(C)=O)[C@@H]1OC(C)=O.O=P(O)(O)O. The van der Waals surface area contributed by atoms with Crippen LogP contribution in [-0.2, 0) is 37.9 Å². The van der Waals surface area contributed by atoms with Crippen molar-refractivity contribution in [1.29, 1.82) is 0 Å². The summed E-state index contributed by atoms with van der Waals surface area (Å²) < 4.78 is 29.0. The van der Waals surface area contributed by atoms with Crippen LogP contribution in [0.2, 0.25) is 0 Å². The summed E-state index contributed by atoms with van der Waals surface area (Å²) in [7, 11) is -4.64. The molecule has 0 radical (unpaired) electrons. The van der Waals surface area contributed by atoms with Crippen molar-refractivity contribution in [3.05, 3.63) is 0 Å². The van der Waals surface area contributed by atoms with Crippen molar-refractivity contribution >= 4 is 25.7 Å². The number of carbonyl (C=O) groups excluding carboxylic acids is 3. The van der Waals surface area contributed by atoms with E-state index in [9.17, 15) is 19.5 Å². The fourth-order valence-electron chi connectivity index (χ4n) is 1.89. The van der Waals surface area contributed by atoms with Gasteiger partial charge >= 0.3 is 25.7 Å². The van der Waals surface area contributed by atoms with Crippen LogP contribution in [0.25, 0.3) is 0 Å². The Bertz CT molecular complexity index is 520. The number of carbonyl (C=O) groups is 3. The number of hydrogen-bond acceptors (Lipinski definition) is 9. The van der Waals surface area contributed by atoms with E-state index in [1.165, 1.54) is 6.92 Å². The zero-order valence-electron chi connectivity index (χ0n) is 13.9. The third kappa shape index (κ3) is 10.1. The number of hydrogen-bond donors (Lipinski definition) is 4. The topological polar surface area (TPSA) is 186 Å². The van der Waals surface area contributed by atoms with Crippen LogP contribution >= 0.6 is 7.82 Å². The first-order chi connectivity index (χ1) is 11.2. The van der Waals surface area contributed by atoms with Crippen molar-refractivity contribution in [1.82, 2.24) is 0 Å². The highest BCUT2D eigenvalue weighted by Gasteiger charge is 2.49. The van der Waals surface area contributed by atoms with Gasteiger partial charge in [0.15, 0.2) is 6.10 Å².